The third-order valence-electron chi connectivity index (χ3n) is 2.64. The van der Waals surface area contributed by atoms with Gasteiger partial charge >= 0.3 is 0 Å². The van der Waals surface area contributed by atoms with Crippen LogP contribution < -0.4 is 10.6 Å². The van der Waals surface area contributed by atoms with Gasteiger partial charge in [0, 0.05) is 20.1 Å². The lowest BCUT2D eigenvalue weighted by Gasteiger charge is -2.27. The first-order chi connectivity index (χ1) is 6.61. The number of carbonyl (C=O) groups excluding carboxylic acids is 1. The molecule has 1 aliphatic rings. The van der Waals surface area contributed by atoms with Crippen LogP contribution in [0.15, 0.2) is 0 Å². The Balaban J connectivity index is 2.31. The molecule has 0 aromatic heterocycles. The van der Waals surface area contributed by atoms with Gasteiger partial charge in [-0.15, -0.1) is 0 Å². The van der Waals surface area contributed by atoms with Gasteiger partial charge in [0.1, 0.15) is 0 Å². The van der Waals surface area contributed by atoms with Gasteiger partial charge in [0.15, 0.2) is 0 Å². The molecule has 0 bridgehead atoms. The van der Waals surface area contributed by atoms with Gasteiger partial charge in [0.2, 0.25) is 5.91 Å². The van der Waals surface area contributed by atoms with Crippen LogP contribution in [0.3, 0.4) is 0 Å². The molecule has 0 aliphatic carbocycles. The lowest BCUT2D eigenvalue weighted by Crippen LogP contribution is -2.49. The largest absolute Gasteiger partial charge is 0.347 e. The maximum absolute atomic E-state index is 11.6. The van der Waals surface area contributed by atoms with Crippen molar-refractivity contribution in [1.29, 1.82) is 0 Å². The zero-order valence-corrected chi connectivity index (χ0v) is 9.34. The molecule has 0 aromatic rings. The van der Waals surface area contributed by atoms with Crippen LogP contribution in [0, 0.1) is 0 Å². The van der Waals surface area contributed by atoms with Gasteiger partial charge in [-0.2, -0.15) is 0 Å². The zero-order valence-electron chi connectivity index (χ0n) is 9.34. The summed E-state index contributed by atoms with van der Waals surface area (Å²) in [6.07, 6.45) is 2.23. The fraction of sp³-hybridized carbons (Fsp3) is 0.900. The third-order valence-corrected chi connectivity index (χ3v) is 2.64. The van der Waals surface area contributed by atoms with Crippen molar-refractivity contribution in [1.82, 2.24) is 15.5 Å². The third kappa shape index (κ3) is 3.27. The molecule has 82 valence electrons. The van der Waals surface area contributed by atoms with Crippen LogP contribution in [0.4, 0.5) is 0 Å². The summed E-state index contributed by atoms with van der Waals surface area (Å²) >= 11 is 0. The van der Waals surface area contributed by atoms with Crippen molar-refractivity contribution in [3.63, 3.8) is 0 Å². The first-order valence-corrected chi connectivity index (χ1v) is 5.29. The molecule has 1 fully saturated rings. The molecule has 1 atom stereocenters. The topological polar surface area (TPSA) is 44.4 Å². The molecule has 4 heteroatoms. The molecule has 1 aliphatic heterocycles. The lowest BCUT2D eigenvalue weighted by atomic mass is 10.1. The average Bonchev–Trinajstić information content (AvgIpc) is 2.18. The molecule has 0 aromatic carbocycles. The Kier molecular flexibility index (Phi) is 4.35. The Labute approximate surface area is 86.0 Å². The van der Waals surface area contributed by atoms with Crippen LogP contribution in [-0.4, -0.2) is 50.1 Å². The van der Waals surface area contributed by atoms with E-state index in [-0.39, 0.29) is 11.9 Å². The molecule has 1 saturated heterocycles. The maximum Gasteiger partial charge on any atom is 0.238 e. The van der Waals surface area contributed by atoms with Crippen LogP contribution in [0.2, 0.25) is 0 Å². The summed E-state index contributed by atoms with van der Waals surface area (Å²) in [5, 5.41) is 6.67. The van der Waals surface area contributed by atoms with Crippen molar-refractivity contribution in [3.05, 3.63) is 0 Å². The van der Waals surface area contributed by atoms with Gasteiger partial charge in [0.05, 0.1) is 6.04 Å². The maximum atomic E-state index is 11.6. The lowest BCUT2D eigenvalue weighted by molar-refractivity contribution is -0.130. The molecule has 2 N–H and O–H groups in total. The number of nitrogens with one attached hydrogen (secondary N) is 2. The van der Waals surface area contributed by atoms with E-state index < -0.39 is 0 Å². The van der Waals surface area contributed by atoms with Gasteiger partial charge in [0.25, 0.3) is 0 Å². The smallest absolute Gasteiger partial charge is 0.238 e. The number of carbonyl (C=O) groups is 1. The Morgan fingerprint density at radius 1 is 1.43 bits per heavy atom. The molecular formula is C10H21N3O. The molecule has 1 rings (SSSR count). The van der Waals surface area contributed by atoms with E-state index in [4.69, 9.17) is 0 Å². The molecule has 4 nitrogen and oxygen atoms in total. The second-order valence-corrected chi connectivity index (χ2v) is 4.15. The van der Waals surface area contributed by atoms with Crippen molar-refractivity contribution in [3.8, 4) is 0 Å². The van der Waals surface area contributed by atoms with E-state index in [0.29, 0.717) is 6.04 Å². The predicted molar refractivity (Wildman–Crippen MR) is 57.2 cm³/mol. The van der Waals surface area contributed by atoms with Crippen LogP contribution in [0.1, 0.15) is 19.8 Å². The Bertz CT molecular complexity index is 188. The highest BCUT2D eigenvalue weighted by atomic mass is 16.2. The summed E-state index contributed by atoms with van der Waals surface area (Å²) in [4.78, 5) is 13.2. The second-order valence-electron chi connectivity index (χ2n) is 4.15. The van der Waals surface area contributed by atoms with Crippen molar-refractivity contribution in [2.45, 2.75) is 31.8 Å². The molecular weight excluding hydrogens is 178 g/mol. The molecule has 14 heavy (non-hydrogen) atoms. The quantitative estimate of drug-likeness (QED) is 0.662. The number of rotatable bonds is 3. The van der Waals surface area contributed by atoms with Gasteiger partial charge in [-0.05, 0) is 32.9 Å². The summed E-state index contributed by atoms with van der Waals surface area (Å²) in [5.41, 5.74) is 0. The average molecular weight is 199 g/mol. The van der Waals surface area contributed by atoms with Crippen molar-refractivity contribution < 1.29 is 4.79 Å². The van der Waals surface area contributed by atoms with Crippen LogP contribution in [-0.2, 0) is 4.79 Å². The Hall–Kier alpha value is -0.610. The number of hydrogen-bond donors (Lipinski definition) is 2. The van der Waals surface area contributed by atoms with E-state index in [2.05, 4.69) is 10.6 Å². The van der Waals surface area contributed by atoms with Crippen LogP contribution >= 0.6 is 0 Å². The van der Waals surface area contributed by atoms with E-state index in [1.165, 1.54) is 0 Å². The minimum atomic E-state index is -0.0619. The number of hydrogen-bond acceptors (Lipinski definition) is 3. The van der Waals surface area contributed by atoms with E-state index in [9.17, 15) is 4.79 Å². The number of amides is 1. The van der Waals surface area contributed by atoms with Crippen molar-refractivity contribution >= 4 is 5.91 Å². The minimum Gasteiger partial charge on any atom is -0.347 e. The Morgan fingerprint density at radius 2 is 2.00 bits per heavy atom. The second kappa shape index (κ2) is 5.32. The number of nitrogens with zero attached hydrogens (tertiary/aromatic N) is 1. The van der Waals surface area contributed by atoms with Crippen LogP contribution in [0.5, 0.6) is 0 Å². The van der Waals surface area contributed by atoms with Gasteiger partial charge in [-0.1, -0.05) is 0 Å². The monoisotopic (exact) mass is 199 g/mol. The van der Waals surface area contributed by atoms with E-state index in [0.717, 1.165) is 25.9 Å². The van der Waals surface area contributed by atoms with E-state index in [1.54, 1.807) is 19.0 Å². The Morgan fingerprint density at radius 3 is 2.50 bits per heavy atom. The molecule has 0 saturated carbocycles. The zero-order chi connectivity index (χ0) is 10.6. The first-order valence-electron chi connectivity index (χ1n) is 5.29. The highest BCUT2D eigenvalue weighted by molar-refractivity contribution is 5.80. The standard InChI is InChI=1S/C10H21N3O/c1-8(10(14)13(2)3)12-9-4-6-11-7-5-9/h8-9,11-12H,4-7H2,1-3H3. The normalized spacial score (nSPS) is 20.5. The van der Waals surface area contributed by atoms with Gasteiger partial charge in [-0.3, -0.25) is 4.79 Å². The van der Waals surface area contributed by atoms with Crippen LogP contribution in [0.25, 0.3) is 0 Å². The van der Waals surface area contributed by atoms with E-state index >= 15 is 0 Å². The predicted octanol–water partition coefficient (Wildman–Crippen LogP) is -0.195. The summed E-state index contributed by atoms with van der Waals surface area (Å²) in [6.45, 7) is 4.05. The van der Waals surface area contributed by atoms with Crippen molar-refractivity contribution in [2.75, 3.05) is 27.2 Å². The first kappa shape index (κ1) is 11.5. The number of likely N-dealkylation sites (N-methyl/N-ethyl adjacent to an activating group) is 1. The molecule has 1 heterocycles. The molecule has 1 amide bonds. The molecule has 0 radical (unpaired) electrons. The van der Waals surface area contributed by atoms with E-state index in [1.807, 2.05) is 6.92 Å². The SMILES string of the molecule is CC(NC1CCNCC1)C(=O)N(C)C. The fourth-order valence-corrected chi connectivity index (χ4v) is 1.80. The van der Waals surface area contributed by atoms with Gasteiger partial charge in [-0.25, -0.2) is 0 Å². The highest BCUT2D eigenvalue weighted by Gasteiger charge is 2.20. The molecule has 1 unspecified atom stereocenters. The fourth-order valence-electron chi connectivity index (χ4n) is 1.80. The molecule has 0 spiro atoms. The summed E-state index contributed by atoms with van der Waals surface area (Å²) < 4.78 is 0. The van der Waals surface area contributed by atoms with Crippen molar-refractivity contribution in [2.24, 2.45) is 0 Å². The van der Waals surface area contributed by atoms with Gasteiger partial charge < -0.3 is 15.5 Å². The summed E-state index contributed by atoms with van der Waals surface area (Å²) in [7, 11) is 3.59. The minimum absolute atomic E-state index is 0.0619. The number of piperidine rings is 1. The highest BCUT2D eigenvalue weighted by Crippen LogP contribution is 2.03. The summed E-state index contributed by atoms with van der Waals surface area (Å²) in [6, 6.07) is 0.434. The summed E-state index contributed by atoms with van der Waals surface area (Å²) in [5.74, 6) is 0.156.